The summed E-state index contributed by atoms with van der Waals surface area (Å²) in [6.45, 7) is 0. The molecule has 0 atom stereocenters. The molecule has 0 saturated carbocycles. The normalized spacial score (nSPS) is 11.0. The maximum atomic E-state index is 13.5. The predicted molar refractivity (Wildman–Crippen MR) is 78.7 cm³/mol. The molecule has 3 rings (SSSR count). The van der Waals surface area contributed by atoms with Crippen molar-refractivity contribution in [3.63, 3.8) is 0 Å². The van der Waals surface area contributed by atoms with Gasteiger partial charge in [-0.1, -0.05) is 11.6 Å². The molecule has 0 unspecified atom stereocenters. The zero-order valence-electron chi connectivity index (χ0n) is 10.6. The zero-order valence-corrected chi connectivity index (χ0v) is 11.3. The van der Waals surface area contributed by atoms with Gasteiger partial charge in [0, 0.05) is 17.0 Å². The van der Waals surface area contributed by atoms with Crippen LogP contribution < -0.4 is 11.5 Å². The van der Waals surface area contributed by atoms with Crippen molar-refractivity contribution in [1.82, 2.24) is 9.97 Å². The number of nitrogens with two attached hydrogens (primary N) is 2. The van der Waals surface area contributed by atoms with Crippen LogP contribution in [0.3, 0.4) is 0 Å². The van der Waals surface area contributed by atoms with E-state index in [9.17, 15) is 8.78 Å². The van der Waals surface area contributed by atoms with Gasteiger partial charge in [0.2, 0.25) is 0 Å². The molecule has 0 aliphatic carbocycles. The average molecular weight is 307 g/mol. The molecular weight excluding hydrogens is 298 g/mol. The van der Waals surface area contributed by atoms with Crippen LogP contribution in [0.1, 0.15) is 0 Å². The maximum Gasteiger partial charge on any atom is 0.162 e. The summed E-state index contributed by atoms with van der Waals surface area (Å²) < 4.78 is 27.0. The molecule has 106 valence electrons. The van der Waals surface area contributed by atoms with Gasteiger partial charge in [0.05, 0.1) is 16.2 Å². The highest BCUT2D eigenvalue weighted by Crippen LogP contribution is 2.27. The van der Waals surface area contributed by atoms with Crippen LogP contribution in [0.15, 0.2) is 30.3 Å². The van der Waals surface area contributed by atoms with E-state index in [-0.39, 0.29) is 22.4 Å². The van der Waals surface area contributed by atoms with Crippen LogP contribution in [0.5, 0.6) is 0 Å². The fraction of sp³-hybridized carbons (Fsp3) is 0. The number of nitrogens with zero attached hydrogens (tertiary/aromatic N) is 2. The first kappa shape index (κ1) is 13.5. The molecule has 0 spiro atoms. The molecule has 0 fully saturated rings. The Bertz CT molecular complexity index is 867. The van der Waals surface area contributed by atoms with Crippen molar-refractivity contribution in [2.45, 2.75) is 0 Å². The van der Waals surface area contributed by atoms with E-state index < -0.39 is 11.6 Å². The summed E-state index contributed by atoms with van der Waals surface area (Å²) in [5.74, 6) is -0.884. The molecule has 21 heavy (non-hydrogen) atoms. The third-order valence-corrected chi connectivity index (χ3v) is 3.33. The highest BCUT2D eigenvalue weighted by molar-refractivity contribution is 6.30. The van der Waals surface area contributed by atoms with Crippen LogP contribution >= 0.6 is 11.6 Å². The van der Waals surface area contributed by atoms with E-state index in [2.05, 4.69) is 9.97 Å². The Balaban J connectivity index is 2.24. The predicted octanol–water partition coefficient (Wildman–Crippen LogP) is 3.39. The molecule has 1 heterocycles. The second-order valence-electron chi connectivity index (χ2n) is 4.45. The minimum Gasteiger partial charge on any atom is -0.396 e. The van der Waals surface area contributed by atoms with Gasteiger partial charge in [-0.2, -0.15) is 0 Å². The van der Waals surface area contributed by atoms with Gasteiger partial charge in [0.25, 0.3) is 0 Å². The van der Waals surface area contributed by atoms with Crippen LogP contribution in [0, 0.1) is 11.6 Å². The number of fused-ring (bicyclic) bond motifs is 1. The quantitative estimate of drug-likeness (QED) is 0.675. The van der Waals surface area contributed by atoms with E-state index in [0.29, 0.717) is 16.5 Å². The van der Waals surface area contributed by atoms with Crippen molar-refractivity contribution in [3.05, 3.63) is 47.0 Å². The Morgan fingerprint density at radius 1 is 0.952 bits per heavy atom. The van der Waals surface area contributed by atoms with Crippen LogP contribution in [0.4, 0.5) is 20.3 Å². The van der Waals surface area contributed by atoms with Crippen molar-refractivity contribution in [1.29, 1.82) is 0 Å². The average Bonchev–Trinajstić information content (AvgIpc) is 2.44. The molecule has 0 radical (unpaired) electrons. The molecule has 3 aromatic rings. The van der Waals surface area contributed by atoms with Crippen molar-refractivity contribution in [2.75, 3.05) is 11.5 Å². The highest BCUT2D eigenvalue weighted by atomic mass is 35.5. The number of halogens is 3. The number of hydrogen-bond donors (Lipinski definition) is 2. The van der Waals surface area contributed by atoms with Gasteiger partial charge in [0.15, 0.2) is 5.82 Å². The van der Waals surface area contributed by atoms with Crippen LogP contribution in [-0.4, -0.2) is 9.97 Å². The number of nitrogen functional groups attached to an aromatic ring is 2. The van der Waals surface area contributed by atoms with E-state index in [1.54, 1.807) is 6.07 Å². The van der Waals surface area contributed by atoms with Gasteiger partial charge >= 0.3 is 0 Å². The van der Waals surface area contributed by atoms with Gasteiger partial charge < -0.3 is 11.5 Å². The number of hydrogen-bond acceptors (Lipinski definition) is 4. The van der Waals surface area contributed by atoms with Crippen molar-refractivity contribution in [2.24, 2.45) is 0 Å². The Labute approximate surface area is 123 Å². The SMILES string of the molecule is Nc1cc2c(N)nc(-c3ccc(Cl)c(F)c3)nc2cc1F. The van der Waals surface area contributed by atoms with E-state index in [1.165, 1.54) is 24.3 Å². The van der Waals surface area contributed by atoms with Crippen molar-refractivity contribution in [3.8, 4) is 11.4 Å². The third kappa shape index (κ3) is 2.34. The fourth-order valence-electron chi connectivity index (χ4n) is 1.95. The van der Waals surface area contributed by atoms with Gasteiger partial charge in [-0.15, -0.1) is 0 Å². The molecular formula is C14H9ClF2N4. The molecule has 4 N–H and O–H groups in total. The smallest absolute Gasteiger partial charge is 0.162 e. The Morgan fingerprint density at radius 3 is 2.43 bits per heavy atom. The lowest BCUT2D eigenvalue weighted by Gasteiger charge is -2.07. The topological polar surface area (TPSA) is 77.8 Å². The van der Waals surface area contributed by atoms with E-state index in [1.807, 2.05) is 0 Å². The second kappa shape index (κ2) is 4.82. The maximum absolute atomic E-state index is 13.5. The van der Waals surface area contributed by atoms with E-state index >= 15 is 0 Å². The lowest BCUT2D eigenvalue weighted by Crippen LogP contribution is -2.00. The number of benzene rings is 2. The molecule has 7 heteroatoms. The summed E-state index contributed by atoms with van der Waals surface area (Å²) in [4.78, 5) is 8.27. The number of rotatable bonds is 1. The van der Waals surface area contributed by atoms with Gasteiger partial charge in [-0.3, -0.25) is 0 Å². The standard InChI is InChI=1S/C14H9ClF2N4/c15-8-2-1-6(3-9(8)16)14-20-12-5-10(17)11(18)4-7(12)13(19)21-14/h1-5H,18H2,(H2,19,20,21). The molecule has 4 nitrogen and oxygen atoms in total. The zero-order chi connectivity index (χ0) is 15.1. The summed E-state index contributed by atoms with van der Waals surface area (Å²) in [7, 11) is 0. The Kier molecular flexibility index (Phi) is 3.10. The summed E-state index contributed by atoms with van der Waals surface area (Å²) in [6.07, 6.45) is 0. The summed E-state index contributed by atoms with van der Waals surface area (Å²) in [5, 5.41) is 0.429. The van der Waals surface area contributed by atoms with Crippen LogP contribution in [-0.2, 0) is 0 Å². The largest absolute Gasteiger partial charge is 0.396 e. The molecule has 0 aliphatic heterocycles. The van der Waals surface area contributed by atoms with Gasteiger partial charge in [-0.05, 0) is 24.3 Å². The van der Waals surface area contributed by atoms with E-state index in [4.69, 9.17) is 23.1 Å². The highest BCUT2D eigenvalue weighted by Gasteiger charge is 2.11. The van der Waals surface area contributed by atoms with Gasteiger partial charge in [-0.25, -0.2) is 18.7 Å². The van der Waals surface area contributed by atoms with Crippen molar-refractivity contribution >= 4 is 34.0 Å². The minimum atomic E-state index is -0.603. The van der Waals surface area contributed by atoms with Crippen molar-refractivity contribution < 1.29 is 8.78 Å². The summed E-state index contributed by atoms with van der Waals surface area (Å²) >= 11 is 5.63. The molecule has 0 bridgehead atoms. The summed E-state index contributed by atoms with van der Waals surface area (Å²) in [6, 6.07) is 6.67. The minimum absolute atomic E-state index is 0.00803. The second-order valence-corrected chi connectivity index (χ2v) is 4.86. The van der Waals surface area contributed by atoms with Gasteiger partial charge in [0.1, 0.15) is 17.5 Å². The number of aromatic nitrogens is 2. The van der Waals surface area contributed by atoms with E-state index in [0.717, 1.165) is 0 Å². The first-order valence-corrected chi connectivity index (χ1v) is 6.31. The Morgan fingerprint density at radius 2 is 1.71 bits per heavy atom. The molecule has 0 amide bonds. The molecule has 0 saturated heterocycles. The monoisotopic (exact) mass is 306 g/mol. The fourth-order valence-corrected chi connectivity index (χ4v) is 2.07. The summed E-state index contributed by atoms with van der Waals surface area (Å²) in [5.41, 5.74) is 12.0. The van der Waals surface area contributed by atoms with Crippen LogP contribution in [0.2, 0.25) is 5.02 Å². The first-order chi connectivity index (χ1) is 9.95. The molecule has 0 aliphatic rings. The van der Waals surface area contributed by atoms with Crippen LogP contribution in [0.25, 0.3) is 22.3 Å². The molecule has 2 aromatic carbocycles. The third-order valence-electron chi connectivity index (χ3n) is 3.02. The lowest BCUT2D eigenvalue weighted by molar-refractivity contribution is 0.628. The Hall–Kier alpha value is -2.47. The number of anilines is 2. The molecule has 1 aromatic heterocycles. The lowest BCUT2D eigenvalue weighted by atomic mass is 10.1. The first-order valence-electron chi connectivity index (χ1n) is 5.93.